The third kappa shape index (κ3) is 4.15. The number of nitrogens with one attached hydrogen (secondary N) is 1. The van der Waals surface area contributed by atoms with Gasteiger partial charge in [0.05, 0.1) is 11.8 Å². The van der Waals surface area contributed by atoms with E-state index >= 15 is 0 Å². The minimum Gasteiger partial charge on any atom is -0.508 e. The summed E-state index contributed by atoms with van der Waals surface area (Å²) in [4.78, 5) is 0. The van der Waals surface area contributed by atoms with Crippen LogP contribution in [0.2, 0.25) is 10.0 Å². The lowest BCUT2D eigenvalue weighted by Crippen LogP contribution is -2.31. The van der Waals surface area contributed by atoms with Crippen molar-refractivity contribution in [2.75, 3.05) is 5.32 Å². The van der Waals surface area contributed by atoms with Crippen LogP contribution in [0.4, 0.5) is 5.69 Å². The Labute approximate surface area is 190 Å². The van der Waals surface area contributed by atoms with Crippen molar-refractivity contribution in [3.05, 3.63) is 93.5 Å². The van der Waals surface area contributed by atoms with Crippen molar-refractivity contribution in [2.45, 2.75) is 19.4 Å². The molecule has 0 bridgehead atoms. The van der Waals surface area contributed by atoms with Crippen LogP contribution in [0.1, 0.15) is 29.2 Å². The Hall–Kier alpha value is -2.60. The molecule has 7 heteroatoms. The standard InChI is InChI=1S/C23H19Cl2N3OS/c1-14-12-15(10-11-21(14)29)19-13-20(22-17(24)8-5-9-18(22)25)28(27-19)23(30)26-16-6-3-2-4-7-16/h2-12,20,29H,13H2,1H3,(H,26,30). The van der Waals surface area contributed by atoms with Gasteiger partial charge in [-0.25, -0.2) is 5.01 Å². The van der Waals surface area contributed by atoms with Gasteiger partial charge >= 0.3 is 0 Å². The van der Waals surface area contributed by atoms with Crippen LogP contribution in [-0.4, -0.2) is 20.9 Å². The van der Waals surface area contributed by atoms with Crippen molar-refractivity contribution in [3.63, 3.8) is 0 Å². The number of thiocarbonyl (C=S) groups is 1. The molecule has 1 atom stereocenters. The van der Waals surface area contributed by atoms with Crippen LogP contribution in [0, 0.1) is 6.92 Å². The van der Waals surface area contributed by atoms with Gasteiger partial charge in [-0.1, -0.05) is 47.5 Å². The predicted octanol–water partition coefficient (Wildman–Crippen LogP) is 6.56. The summed E-state index contributed by atoms with van der Waals surface area (Å²) in [7, 11) is 0. The van der Waals surface area contributed by atoms with E-state index in [0.29, 0.717) is 21.6 Å². The molecule has 4 nitrogen and oxygen atoms in total. The zero-order chi connectivity index (χ0) is 21.3. The highest BCUT2D eigenvalue weighted by molar-refractivity contribution is 7.80. The van der Waals surface area contributed by atoms with Crippen molar-refractivity contribution >= 4 is 51.9 Å². The highest BCUT2D eigenvalue weighted by atomic mass is 35.5. The first kappa shape index (κ1) is 20.7. The first-order valence-corrected chi connectivity index (χ1v) is 10.6. The predicted molar refractivity (Wildman–Crippen MR) is 128 cm³/mol. The third-order valence-corrected chi connectivity index (χ3v) is 5.95. The van der Waals surface area contributed by atoms with Gasteiger partial charge in [-0.15, -0.1) is 0 Å². The highest BCUT2D eigenvalue weighted by Gasteiger charge is 2.34. The van der Waals surface area contributed by atoms with Crippen LogP contribution in [0.3, 0.4) is 0 Å². The third-order valence-electron chi connectivity index (χ3n) is 5.01. The van der Waals surface area contributed by atoms with Crippen LogP contribution < -0.4 is 5.32 Å². The Morgan fingerprint density at radius 3 is 2.43 bits per heavy atom. The average Bonchev–Trinajstić information content (AvgIpc) is 3.16. The molecule has 3 aromatic rings. The molecule has 0 aliphatic carbocycles. The molecule has 0 saturated carbocycles. The van der Waals surface area contributed by atoms with E-state index in [-0.39, 0.29) is 11.8 Å². The van der Waals surface area contributed by atoms with E-state index in [9.17, 15) is 5.11 Å². The fourth-order valence-electron chi connectivity index (χ4n) is 3.46. The fraction of sp³-hybridized carbons (Fsp3) is 0.130. The number of halogens is 2. The van der Waals surface area contributed by atoms with E-state index in [1.807, 2.05) is 67.6 Å². The molecule has 0 amide bonds. The number of phenols is 1. The first-order chi connectivity index (χ1) is 14.4. The summed E-state index contributed by atoms with van der Waals surface area (Å²) in [6.07, 6.45) is 0.574. The molecular formula is C23H19Cl2N3OS. The molecule has 4 rings (SSSR count). The van der Waals surface area contributed by atoms with E-state index < -0.39 is 0 Å². The lowest BCUT2D eigenvalue weighted by molar-refractivity contribution is 0.376. The molecule has 0 saturated heterocycles. The van der Waals surface area contributed by atoms with Gasteiger partial charge < -0.3 is 10.4 Å². The van der Waals surface area contributed by atoms with E-state index in [1.54, 1.807) is 11.1 Å². The summed E-state index contributed by atoms with van der Waals surface area (Å²) in [5, 5.41) is 21.3. The first-order valence-electron chi connectivity index (χ1n) is 9.40. The molecule has 152 valence electrons. The molecular weight excluding hydrogens is 437 g/mol. The SMILES string of the molecule is Cc1cc(C2=NN(C(=S)Nc3ccccc3)C(c3c(Cl)cccc3Cl)C2)ccc1O. The van der Waals surface area contributed by atoms with E-state index in [2.05, 4.69) is 5.32 Å². The second kappa shape index (κ2) is 8.64. The normalized spacial score (nSPS) is 15.8. The van der Waals surface area contributed by atoms with Crippen LogP contribution in [0.25, 0.3) is 0 Å². The van der Waals surface area contributed by atoms with Crippen molar-refractivity contribution in [2.24, 2.45) is 5.10 Å². The molecule has 1 unspecified atom stereocenters. The summed E-state index contributed by atoms with van der Waals surface area (Å²) < 4.78 is 0. The van der Waals surface area contributed by atoms with Gasteiger partial charge in [0.15, 0.2) is 5.11 Å². The van der Waals surface area contributed by atoms with Gasteiger partial charge in [0.2, 0.25) is 0 Å². The number of hydrogen-bond acceptors (Lipinski definition) is 3. The van der Waals surface area contributed by atoms with Crippen molar-refractivity contribution in [3.8, 4) is 5.75 Å². The maximum Gasteiger partial charge on any atom is 0.194 e. The summed E-state index contributed by atoms with van der Waals surface area (Å²) in [5.74, 6) is 0.251. The number of rotatable bonds is 3. The Kier molecular flexibility index (Phi) is 5.95. The number of aromatic hydroxyl groups is 1. The zero-order valence-electron chi connectivity index (χ0n) is 16.1. The topological polar surface area (TPSA) is 47.9 Å². The number of hydrazone groups is 1. The smallest absolute Gasteiger partial charge is 0.194 e. The molecule has 30 heavy (non-hydrogen) atoms. The van der Waals surface area contributed by atoms with E-state index in [0.717, 1.165) is 28.1 Å². The number of aryl methyl sites for hydroxylation is 1. The number of para-hydroxylation sites is 1. The number of phenolic OH excluding ortho intramolecular Hbond substituents is 1. The molecule has 0 fully saturated rings. The van der Waals surface area contributed by atoms with Crippen LogP contribution in [0.15, 0.2) is 71.8 Å². The summed E-state index contributed by atoms with van der Waals surface area (Å²) in [6.45, 7) is 1.86. The van der Waals surface area contributed by atoms with Crippen LogP contribution in [0.5, 0.6) is 5.75 Å². The average molecular weight is 456 g/mol. The quantitative estimate of drug-likeness (QED) is 0.439. The fourth-order valence-corrected chi connectivity index (χ4v) is 4.40. The lowest BCUT2D eigenvalue weighted by atomic mass is 9.97. The maximum absolute atomic E-state index is 9.88. The molecule has 0 aromatic heterocycles. The van der Waals surface area contributed by atoms with E-state index in [4.69, 9.17) is 40.5 Å². The second-order valence-corrected chi connectivity index (χ2v) is 8.25. The minimum absolute atomic E-state index is 0.251. The molecule has 1 aliphatic heterocycles. The van der Waals surface area contributed by atoms with Gasteiger partial charge in [0, 0.05) is 27.7 Å². The van der Waals surface area contributed by atoms with Gasteiger partial charge in [0.25, 0.3) is 0 Å². The van der Waals surface area contributed by atoms with Gasteiger partial charge in [-0.2, -0.15) is 5.10 Å². The zero-order valence-corrected chi connectivity index (χ0v) is 18.5. The van der Waals surface area contributed by atoms with Crippen molar-refractivity contribution < 1.29 is 5.11 Å². The van der Waals surface area contributed by atoms with Crippen molar-refractivity contribution in [1.29, 1.82) is 0 Å². The molecule has 0 radical (unpaired) electrons. The Morgan fingerprint density at radius 2 is 1.77 bits per heavy atom. The molecule has 0 spiro atoms. The maximum atomic E-state index is 9.88. The number of benzene rings is 3. The molecule has 1 heterocycles. The lowest BCUT2D eigenvalue weighted by Gasteiger charge is -2.26. The monoisotopic (exact) mass is 455 g/mol. The molecule has 1 aliphatic rings. The van der Waals surface area contributed by atoms with Crippen molar-refractivity contribution in [1.82, 2.24) is 5.01 Å². The van der Waals surface area contributed by atoms with Gasteiger partial charge in [-0.3, -0.25) is 0 Å². The van der Waals surface area contributed by atoms with Gasteiger partial charge in [-0.05, 0) is 72.7 Å². The van der Waals surface area contributed by atoms with Crippen LogP contribution >= 0.6 is 35.4 Å². The summed E-state index contributed by atoms with van der Waals surface area (Å²) in [5.41, 5.74) is 4.20. The van der Waals surface area contributed by atoms with E-state index in [1.165, 1.54) is 0 Å². The minimum atomic E-state index is -0.251. The number of anilines is 1. The Bertz CT molecular complexity index is 1110. The van der Waals surface area contributed by atoms with Gasteiger partial charge in [0.1, 0.15) is 5.75 Å². The summed E-state index contributed by atoms with van der Waals surface area (Å²) in [6, 6.07) is 20.3. The number of hydrogen-bond donors (Lipinski definition) is 2. The number of nitrogens with zero attached hydrogens (tertiary/aromatic N) is 2. The van der Waals surface area contributed by atoms with Crippen LogP contribution in [-0.2, 0) is 0 Å². The highest BCUT2D eigenvalue weighted by Crippen LogP contribution is 2.40. The Morgan fingerprint density at radius 1 is 1.07 bits per heavy atom. The second-order valence-electron chi connectivity index (χ2n) is 7.04. The molecule has 3 aromatic carbocycles. The largest absolute Gasteiger partial charge is 0.508 e. The molecule has 2 N–H and O–H groups in total. The summed E-state index contributed by atoms with van der Waals surface area (Å²) >= 11 is 18.7. The Balaban J connectivity index is 1.73.